The molecule has 0 bridgehead atoms. The molecule has 1 aliphatic rings. The van der Waals surface area contributed by atoms with Crippen LogP contribution in [0.5, 0.6) is 0 Å². The lowest BCUT2D eigenvalue weighted by Gasteiger charge is -2.46. The summed E-state index contributed by atoms with van der Waals surface area (Å²) in [5.41, 5.74) is -0.0129. The van der Waals surface area contributed by atoms with Gasteiger partial charge in [-0.2, -0.15) is 13.2 Å². The fourth-order valence-corrected chi connectivity index (χ4v) is 4.54. The third kappa shape index (κ3) is 5.09. The Bertz CT molecular complexity index is 1310. The van der Waals surface area contributed by atoms with Crippen molar-refractivity contribution in [1.29, 1.82) is 0 Å². The molecule has 11 heteroatoms. The number of pyridine rings is 2. The highest BCUT2D eigenvalue weighted by atomic mass is 35.5. The quantitative estimate of drug-likeness (QED) is 0.357. The zero-order valence-corrected chi connectivity index (χ0v) is 20.6. The van der Waals surface area contributed by atoms with Gasteiger partial charge in [-0.05, 0) is 35.7 Å². The second kappa shape index (κ2) is 9.57. The molecule has 4 rings (SSSR count). The number of amides is 1. The van der Waals surface area contributed by atoms with E-state index in [1.165, 1.54) is 29.3 Å². The van der Waals surface area contributed by atoms with Crippen molar-refractivity contribution >= 4 is 52.4 Å². The number of hydrogen-bond acceptors (Lipinski definition) is 6. The lowest BCUT2D eigenvalue weighted by atomic mass is 9.84. The zero-order valence-electron chi connectivity index (χ0n) is 19.9. The molecular weight excluding hydrogens is 495 g/mol. The Hall–Kier alpha value is -3.40. The number of carbonyl (C=O) groups excluding carboxylic acids is 2. The highest BCUT2D eigenvalue weighted by Crippen LogP contribution is 2.41. The maximum absolute atomic E-state index is 14.2. The monoisotopic (exact) mass is 518 g/mol. The molecule has 1 atom stereocenters. The smallest absolute Gasteiger partial charge is 0.367 e. The third-order valence-electron chi connectivity index (χ3n) is 6.24. The largest absolute Gasteiger partial charge is 0.418 e. The number of piperazine rings is 1. The Labute approximate surface area is 211 Å². The van der Waals surface area contributed by atoms with E-state index in [0.29, 0.717) is 11.8 Å². The summed E-state index contributed by atoms with van der Waals surface area (Å²) in [4.78, 5) is 34.6. The van der Waals surface area contributed by atoms with Crippen LogP contribution in [0.4, 0.5) is 30.2 Å². The first-order valence-electron chi connectivity index (χ1n) is 11.2. The number of carbonyl (C=O) groups is 1. The van der Waals surface area contributed by atoms with E-state index in [2.05, 4.69) is 15.3 Å². The second-order valence-corrected chi connectivity index (χ2v) is 10.1. The molecule has 0 aliphatic carbocycles. The number of halogens is 4. The molecule has 36 heavy (non-hydrogen) atoms. The van der Waals surface area contributed by atoms with Crippen LogP contribution in [0.15, 0.2) is 36.5 Å². The number of alkyl halides is 3. The molecule has 3 heterocycles. The summed E-state index contributed by atoms with van der Waals surface area (Å²) in [6.45, 7) is 6.56. The summed E-state index contributed by atoms with van der Waals surface area (Å²) >= 11 is 6.01. The van der Waals surface area contributed by atoms with Gasteiger partial charge in [-0.15, -0.1) is 0 Å². The fourth-order valence-electron chi connectivity index (χ4n) is 4.39. The fraction of sp³-hybridized carbons (Fsp3) is 0.360. The van der Waals surface area contributed by atoms with E-state index in [1.54, 1.807) is 11.0 Å². The number of fused-ring (bicyclic) bond motifs is 1. The molecule has 1 fully saturated rings. The topological polar surface area (TPSA) is 78.4 Å². The van der Waals surface area contributed by atoms with E-state index in [-0.39, 0.29) is 64.4 Å². The van der Waals surface area contributed by atoms with Crippen LogP contribution in [0.2, 0.25) is 5.15 Å². The SMILES string of the molecule is CC(C)(C)C1CN(c2ccc(Nc3c(C=O)cnc4ccc(Cl)nc34)cc2C(F)(F)F)CCN1[C]=O. The van der Waals surface area contributed by atoms with E-state index in [4.69, 9.17) is 11.6 Å². The molecule has 1 saturated heterocycles. The summed E-state index contributed by atoms with van der Waals surface area (Å²) in [5.74, 6) is 0. The van der Waals surface area contributed by atoms with Crippen molar-refractivity contribution in [1.82, 2.24) is 14.9 Å². The van der Waals surface area contributed by atoms with Gasteiger partial charge in [0.25, 0.3) is 0 Å². The Morgan fingerprint density at radius 1 is 1.17 bits per heavy atom. The Kier molecular flexibility index (Phi) is 6.83. The number of rotatable bonds is 5. The van der Waals surface area contributed by atoms with Gasteiger partial charge in [0.1, 0.15) is 10.7 Å². The van der Waals surface area contributed by atoms with Gasteiger partial charge >= 0.3 is 12.6 Å². The summed E-state index contributed by atoms with van der Waals surface area (Å²) in [5, 5.41) is 3.07. The van der Waals surface area contributed by atoms with Crippen LogP contribution in [0.25, 0.3) is 11.0 Å². The average molecular weight is 519 g/mol. The van der Waals surface area contributed by atoms with E-state index < -0.39 is 11.7 Å². The number of nitrogens with one attached hydrogen (secondary N) is 1. The van der Waals surface area contributed by atoms with Gasteiger partial charge in [0, 0.05) is 37.2 Å². The lowest BCUT2D eigenvalue weighted by Crippen LogP contribution is -2.57. The maximum atomic E-state index is 14.2. The molecule has 7 nitrogen and oxygen atoms in total. The maximum Gasteiger partial charge on any atom is 0.418 e. The molecule has 1 aliphatic heterocycles. The third-order valence-corrected chi connectivity index (χ3v) is 6.45. The molecule has 0 saturated carbocycles. The number of benzene rings is 1. The molecule has 1 unspecified atom stereocenters. The van der Waals surface area contributed by atoms with Crippen LogP contribution < -0.4 is 10.2 Å². The highest BCUT2D eigenvalue weighted by molar-refractivity contribution is 6.29. The molecule has 189 valence electrons. The normalized spacial score (nSPS) is 16.8. The Morgan fingerprint density at radius 3 is 2.56 bits per heavy atom. The minimum absolute atomic E-state index is 0.0178. The lowest BCUT2D eigenvalue weighted by molar-refractivity contribution is -0.137. The number of aldehydes is 1. The standard InChI is InChI=1S/C25H24ClF3N5O2/c1-24(2,3)20-12-33(8-9-34(20)14-36)19-6-4-16(10-17(19)25(27,28)29)31-22-15(13-35)11-30-18-5-7-21(26)32-23(18)22/h4-7,10-11,13,20H,8-9,12H2,1-3H3,(H,30,31). The van der Waals surface area contributed by atoms with Crippen molar-refractivity contribution in [3.63, 3.8) is 0 Å². The minimum atomic E-state index is -4.65. The van der Waals surface area contributed by atoms with E-state index in [9.17, 15) is 22.8 Å². The summed E-state index contributed by atoms with van der Waals surface area (Å²) < 4.78 is 42.7. The van der Waals surface area contributed by atoms with Gasteiger partial charge in [0.05, 0.1) is 28.4 Å². The molecule has 3 aromatic rings. The van der Waals surface area contributed by atoms with Crippen LogP contribution in [-0.2, 0) is 11.0 Å². The minimum Gasteiger partial charge on any atom is -0.367 e. The van der Waals surface area contributed by atoms with Crippen molar-refractivity contribution in [3.05, 3.63) is 52.8 Å². The van der Waals surface area contributed by atoms with Crippen LogP contribution >= 0.6 is 11.6 Å². The Balaban J connectivity index is 1.75. The molecule has 2 aromatic heterocycles. The van der Waals surface area contributed by atoms with Gasteiger partial charge in [-0.3, -0.25) is 14.6 Å². The van der Waals surface area contributed by atoms with Crippen molar-refractivity contribution in [2.75, 3.05) is 29.9 Å². The summed E-state index contributed by atoms with van der Waals surface area (Å²) in [7, 11) is 0. The molecular formula is C25H24ClF3N5O2. The van der Waals surface area contributed by atoms with Gasteiger partial charge in [-0.1, -0.05) is 32.4 Å². The van der Waals surface area contributed by atoms with Crippen LogP contribution in [0.1, 0.15) is 36.7 Å². The number of aromatic nitrogens is 2. The molecule has 1 radical (unpaired) electrons. The first-order valence-corrected chi connectivity index (χ1v) is 11.6. The average Bonchev–Trinajstić information content (AvgIpc) is 2.83. The predicted molar refractivity (Wildman–Crippen MR) is 133 cm³/mol. The van der Waals surface area contributed by atoms with E-state index >= 15 is 0 Å². The second-order valence-electron chi connectivity index (χ2n) is 9.68. The van der Waals surface area contributed by atoms with Crippen molar-refractivity contribution < 1.29 is 22.8 Å². The van der Waals surface area contributed by atoms with Gasteiger partial charge in [0.15, 0.2) is 6.29 Å². The van der Waals surface area contributed by atoms with Crippen molar-refractivity contribution in [2.45, 2.75) is 33.0 Å². The number of anilines is 3. The summed E-state index contributed by atoms with van der Waals surface area (Å²) in [6.07, 6.45) is -0.857. The van der Waals surface area contributed by atoms with Crippen LogP contribution in [0, 0.1) is 5.41 Å². The summed E-state index contributed by atoms with van der Waals surface area (Å²) in [6, 6.07) is 6.75. The zero-order chi connectivity index (χ0) is 26.3. The van der Waals surface area contributed by atoms with E-state index in [0.717, 1.165) is 6.07 Å². The van der Waals surface area contributed by atoms with E-state index in [1.807, 2.05) is 27.2 Å². The van der Waals surface area contributed by atoms with Crippen molar-refractivity contribution in [3.8, 4) is 0 Å². The molecule has 0 spiro atoms. The predicted octanol–water partition coefficient (Wildman–Crippen LogP) is 5.46. The molecule has 1 amide bonds. The Morgan fingerprint density at radius 2 is 1.92 bits per heavy atom. The first-order chi connectivity index (χ1) is 16.9. The molecule has 1 N–H and O–H groups in total. The van der Waals surface area contributed by atoms with Crippen molar-refractivity contribution in [2.24, 2.45) is 5.41 Å². The van der Waals surface area contributed by atoms with Crippen LogP contribution in [-0.4, -0.2) is 53.2 Å². The van der Waals surface area contributed by atoms with Gasteiger partial charge in [-0.25, -0.2) is 4.98 Å². The number of hydrogen-bond donors (Lipinski definition) is 1. The van der Waals surface area contributed by atoms with Gasteiger partial charge < -0.3 is 15.1 Å². The van der Waals surface area contributed by atoms with Crippen LogP contribution in [0.3, 0.4) is 0 Å². The highest BCUT2D eigenvalue weighted by Gasteiger charge is 2.39. The molecule has 1 aromatic carbocycles. The van der Waals surface area contributed by atoms with Gasteiger partial charge in [0.2, 0.25) is 0 Å². The number of nitrogens with zero attached hydrogens (tertiary/aromatic N) is 4. The first kappa shape index (κ1) is 25.7.